The van der Waals surface area contributed by atoms with E-state index in [1.54, 1.807) is 0 Å². The van der Waals surface area contributed by atoms with Crippen molar-refractivity contribution in [2.24, 2.45) is 0 Å². The summed E-state index contributed by atoms with van der Waals surface area (Å²) in [6.07, 6.45) is 5.89. The minimum Gasteiger partial charge on any atom is -0.126 e. The van der Waals surface area contributed by atoms with Crippen LogP contribution in [-0.4, -0.2) is 11.8 Å². The van der Waals surface area contributed by atoms with Gasteiger partial charge in [-0.05, 0) is 18.1 Å². The maximum absolute atomic E-state index is 6.29. The molecule has 3 heteroatoms. The molecule has 0 aliphatic rings. The zero-order valence-corrected chi connectivity index (χ0v) is 13.2. The molecule has 18 heavy (non-hydrogen) atoms. The summed E-state index contributed by atoms with van der Waals surface area (Å²) in [6, 6.07) is 7.90. The van der Waals surface area contributed by atoms with Gasteiger partial charge in [-0.25, -0.2) is 0 Å². The van der Waals surface area contributed by atoms with Gasteiger partial charge >= 0.3 is 0 Å². The van der Waals surface area contributed by atoms with Crippen molar-refractivity contribution in [1.29, 1.82) is 0 Å². The van der Waals surface area contributed by atoms with E-state index in [1.807, 2.05) is 24.3 Å². The van der Waals surface area contributed by atoms with Crippen LogP contribution in [0.4, 0.5) is 0 Å². The Balaban J connectivity index is 2.83. The average Bonchev–Trinajstić information content (AvgIpc) is 2.41. The Kier molecular flexibility index (Phi) is 7.44. The highest BCUT2D eigenvalue weighted by Gasteiger charge is 2.31. The fraction of sp³-hybridized carbons (Fsp3) is 0.600. The molecule has 0 nitrogen and oxygen atoms in total. The summed E-state index contributed by atoms with van der Waals surface area (Å²) < 4.78 is 0. The number of benzene rings is 1. The highest BCUT2D eigenvalue weighted by atomic mass is 35.5. The number of alkyl halides is 2. The summed E-state index contributed by atoms with van der Waals surface area (Å²) in [5.41, 5.74) is 0.906. The van der Waals surface area contributed by atoms with E-state index in [2.05, 4.69) is 6.92 Å². The second-order valence-electron chi connectivity index (χ2n) is 4.84. The van der Waals surface area contributed by atoms with E-state index >= 15 is 0 Å². The van der Waals surface area contributed by atoms with Crippen molar-refractivity contribution >= 4 is 34.8 Å². The minimum atomic E-state index is -0.185. The van der Waals surface area contributed by atoms with Gasteiger partial charge in [0.15, 0.2) is 0 Å². The van der Waals surface area contributed by atoms with Gasteiger partial charge in [0.2, 0.25) is 0 Å². The van der Waals surface area contributed by atoms with Crippen LogP contribution in [0.1, 0.15) is 44.6 Å². The molecule has 1 aromatic rings. The summed E-state index contributed by atoms with van der Waals surface area (Å²) in [4.78, 5) is 0. The maximum Gasteiger partial charge on any atom is 0.0444 e. The van der Waals surface area contributed by atoms with Crippen LogP contribution in [0.25, 0.3) is 0 Å². The second-order valence-corrected chi connectivity index (χ2v) is 5.78. The first kappa shape index (κ1) is 16.1. The van der Waals surface area contributed by atoms with Crippen LogP contribution in [0.5, 0.6) is 0 Å². The number of halogens is 3. The van der Waals surface area contributed by atoms with Crippen molar-refractivity contribution in [1.82, 2.24) is 0 Å². The molecule has 102 valence electrons. The summed E-state index contributed by atoms with van der Waals surface area (Å²) in [5.74, 6) is 1.04. The van der Waals surface area contributed by atoms with Gasteiger partial charge < -0.3 is 0 Å². The maximum atomic E-state index is 6.29. The van der Waals surface area contributed by atoms with Gasteiger partial charge in [0, 0.05) is 22.2 Å². The fourth-order valence-corrected chi connectivity index (χ4v) is 3.41. The normalized spacial score (nSPS) is 11.8. The lowest BCUT2D eigenvalue weighted by atomic mass is 9.79. The third kappa shape index (κ3) is 4.05. The number of unbranched alkanes of at least 4 members (excludes halogenated alkanes) is 3. The monoisotopic (exact) mass is 306 g/mol. The van der Waals surface area contributed by atoms with Crippen LogP contribution in [0.3, 0.4) is 0 Å². The third-order valence-corrected chi connectivity index (χ3v) is 4.82. The zero-order chi connectivity index (χ0) is 13.4. The molecule has 0 aromatic heterocycles. The van der Waals surface area contributed by atoms with Crippen LogP contribution in [0, 0.1) is 0 Å². The molecule has 0 fully saturated rings. The summed E-state index contributed by atoms with van der Waals surface area (Å²) in [6.45, 7) is 2.21. The fourth-order valence-electron chi connectivity index (χ4n) is 2.23. The minimum absolute atomic E-state index is 0.185. The van der Waals surface area contributed by atoms with E-state index in [0.717, 1.165) is 23.4 Å². The molecule has 0 saturated heterocycles. The van der Waals surface area contributed by atoms with Crippen molar-refractivity contribution in [3.05, 3.63) is 34.9 Å². The van der Waals surface area contributed by atoms with Crippen LogP contribution >= 0.6 is 34.8 Å². The third-order valence-electron chi connectivity index (χ3n) is 3.47. The first-order chi connectivity index (χ1) is 8.70. The topological polar surface area (TPSA) is 0 Å². The first-order valence-corrected chi connectivity index (χ1v) is 8.02. The lowest BCUT2D eigenvalue weighted by Crippen LogP contribution is -2.31. The largest absolute Gasteiger partial charge is 0.126 e. The van der Waals surface area contributed by atoms with Crippen LogP contribution in [0.15, 0.2) is 24.3 Å². The lowest BCUT2D eigenvalue weighted by Gasteiger charge is -2.31. The van der Waals surface area contributed by atoms with Crippen LogP contribution in [-0.2, 0) is 5.41 Å². The molecule has 1 rings (SSSR count). The molecule has 0 spiro atoms. The van der Waals surface area contributed by atoms with E-state index < -0.39 is 0 Å². The van der Waals surface area contributed by atoms with E-state index in [9.17, 15) is 0 Å². The van der Waals surface area contributed by atoms with E-state index in [0.29, 0.717) is 11.8 Å². The van der Waals surface area contributed by atoms with Gasteiger partial charge in [-0.2, -0.15) is 0 Å². The molecular weight excluding hydrogens is 287 g/mol. The first-order valence-electron chi connectivity index (χ1n) is 6.57. The van der Waals surface area contributed by atoms with Crippen LogP contribution in [0.2, 0.25) is 5.02 Å². The number of rotatable bonds is 8. The van der Waals surface area contributed by atoms with Crippen molar-refractivity contribution in [2.75, 3.05) is 11.8 Å². The van der Waals surface area contributed by atoms with Gasteiger partial charge in [-0.1, -0.05) is 62.4 Å². The molecular formula is C15H21Cl3. The smallest absolute Gasteiger partial charge is 0.0444 e. The molecule has 0 saturated carbocycles. The Morgan fingerprint density at radius 1 is 1.00 bits per heavy atom. The van der Waals surface area contributed by atoms with Crippen molar-refractivity contribution in [3.63, 3.8) is 0 Å². The summed E-state index contributed by atoms with van der Waals surface area (Å²) in [7, 11) is 0. The number of hydrogen-bond acceptors (Lipinski definition) is 0. The molecule has 0 N–H and O–H groups in total. The quantitative estimate of drug-likeness (QED) is 0.406. The van der Waals surface area contributed by atoms with Gasteiger partial charge in [0.05, 0.1) is 0 Å². The molecule has 1 aromatic carbocycles. The molecule has 0 radical (unpaired) electrons. The molecule has 0 unspecified atom stereocenters. The van der Waals surface area contributed by atoms with Gasteiger partial charge in [0.1, 0.15) is 0 Å². The van der Waals surface area contributed by atoms with Crippen molar-refractivity contribution in [2.45, 2.75) is 44.4 Å². The Morgan fingerprint density at radius 2 is 1.67 bits per heavy atom. The Labute approximate surface area is 126 Å². The molecule has 0 aliphatic carbocycles. The Morgan fingerprint density at radius 3 is 2.22 bits per heavy atom. The second kappa shape index (κ2) is 8.30. The predicted octanol–water partition coefficient (Wildman–Crippen LogP) is 6.03. The van der Waals surface area contributed by atoms with Gasteiger partial charge in [-0.15, -0.1) is 23.2 Å². The predicted molar refractivity (Wildman–Crippen MR) is 83.3 cm³/mol. The Bertz CT molecular complexity index is 345. The standard InChI is InChI=1S/C15H21Cl3/c1-2-3-4-7-10-15(11-16,12-17)13-8-5-6-9-14(13)18/h5-6,8-9H,2-4,7,10-12H2,1H3. The molecule has 0 heterocycles. The van der Waals surface area contributed by atoms with Gasteiger partial charge in [0.25, 0.3) is 0 Å². The van der Waals surface area contributed by atoms with Crippen LogP contribution < -0.4 is 0 Å². The zero-order valence-electron chi connectivity index (χ0n) is 10.9. The highest BCUT2D eigenvalue weighted by Crippen LogP contribution is 2.37. The highest BCUT2D eigenvalue weighted by molar-refractivity contribution is 6.32. The van der Waals surface area contributed by atoms with E-state index in [4.69, 9.17) is 34.8 Å². The lowest BCUT2D eigenvalue weighted by molar-refractivity contribution is 0.456. The average molecular weight is 308 g/mol. The summed E-state index contributed by atoms with van der Waals surface area (Å²) >= 11 is 18.7. The van der Waals surface area contributed by atoms with Crippen molar-refractivity contribution < 1.29 is 0 Å². The van der Waals surface area contributed by atoms with E-state index in [-0.39, 0.29) is 5.41 Å². The SMILES string of the molecule is CCCCCCC(CCl)(CCl)c1ccccc1Cl. The Hall–Kier alpha value is 0.0900. The molecule has 0 amide bonds. The molecule has 0 atom stereocenters. The van der Waals surface area contributed by atoms with Crippen molar-refractivity contribution in [3.8, 4) is 0 Å². The van der Waals surface area contributed by atoms with E-state index in [1.165, 1.54) is 19.3 Å². The molecule has 0 aliphatic heterocycles. The number of hydrogen-bond donors (Lipinski definition) is 0. The summed E-state index contributed by atoms with van der Waals surface area (Å²) in [5, 5.41) is 0.772. The molecule has 0 bridgehead atoms. The van der Waals surface area contributed by atoms with Gasteiger partial charge in [-0.3, -0.25) is 0 Å².